The zero-order chi connectivity index (χ0) is 12.3. The molecule has 0 bridgehead atoms. The molecule has 17 heavy (non-hydrogen) atoms. The minimum atomic E-state index is -0.434. The molecule has 1 saturated carbocycles. The third kappa shape index (κ3) is 3.41. The Kier molecular flexibility index (Phi) is 4.38. The molecule has 94 valence electrons. The second-order valence-electron chi connectivity index (χ2n) is 4.42. The Morgan fingerprint density at radius 3 is 2.59 bits per heavy atom. The zero-order valence-corrected chi connectivity index (χ0v) is 11.7. The van der Waals surface area contributed by atoms with Crippen LogP contribution in [0.15, 0.2) is 9.59 Å². The number of nitrogens with one attached hydrogen (secondary N) is 3. The molecule has 1 aliphatic rings. The molecule has 0 aliphatic heterocycles. The summed E-state index contributed by atoms with van der Waals surface area (Å²) in [5.74, 6) is 0. The highest BCUT2D eigenvalue weighted by Gasteiger charge is 2.14. The zero-order valence-electron chi connectivity index (χ0n) is 9.51. The normalized spacial score (nSPS) is 17.2. The molecule has 0 saturated heterocycles. The van der Waals surface area contributed by atoms with Crippen LogP contribution in [0.2, 0.25) is 0 Å². The molecule has 0 atom stereocenters. The molecule has 1 aliphatic carbocycles. The van der Waals surface area contributed by atoms with E-state index in [-0.39, 0.29) is 5.56 Å². The van der Waals surface area contributed by atoms with Crippen molar-refractivity contribution in [3.05, 3.63) is 30.1 Å². The maximum absolute atomic E-state index is 11.4. The van der Waals surface area contributed by atoms with Gasteiger partial charge in [0.25, 0.3) is 5.56 Å². The topological polar surface area (TPSA) is 77.8 Å². The van der Waals surface area contributed by atoms with Gasteiger partial charge in [0.1, 0.15) is 0 Å². The van der Waals surface area contributed by atoms with Crippen molar-refractivity contribution >= 4 is 22.6 Å². The molecular formula is C11H16IN3O2. The van der Waals surface area contributed by atoms with Crippen molar-refractivity contribution in [3.8, 4) is 0 Å². The molecule has 6 heteroatoms. The van der Waals surface area contributed by atoms with E-state index in [1.807, 2.05) is 22.6 Å². The highest BCUT2D eigenvalue weighted by Crippen LogP contribution is 2.17. The summed E-state index contributed by atoms with van der Waals surface area (Å²) in [6, 6.07) is 0.516. The SMILES string of the molecule is O=c1[nH]c(CNC2CCCCC2)c(I)c(=O)[nH]1. The average molecular weight is 349 g/mol. The molecule has 0 amide bonds. The van der Waals surface area contributed by atoms with Crippen LogP contribution >= 0.6 is 22.6 Å². The Morgan fingerprint density at radius 2 is 1.88 bits per heavy atom. The second kappa shape index (κ2) is 5.81. The van der Waals surface area contributed by atoms with E-state index in [1.165, 1.54) is 32.1 Å². The van der Waals surface area contributed by atoms with Crippen molar-refractivity contribution in [2.45, 2.75) is 44.7 Å². The van der Waals surface area contributed by atoms with Gasteiger partial charge in [-0.3, -0.25) is 9.78 Å². The molecule has 0 radical (unpaired) electrons. The lowest BCUT2D eigenvalue weighted by Crippen LogP contribution is -2.34. The maximum Gasteiger partial charge on any atom is 0.325 e. The van der Waals surface area contributed by atoms with Crippen molar-refractivity contribution in [1.29, 1.82) is 0 Å². The van der Waals surface area contributed by atoms with Crippen molar-refractivity contribution in [1.82, 2.24) is 15.3 Å². The van der Waals surface area contributed by atoms with Gasteiger partial charge >= 0.3 is 5.69 Å². The molecular weight excluding hydrogens is 333 g/mol. The van der Waals surface area contributed by atoms with E-state index >= 15 is 0 Å². The van der Waals surface area contributed by atoms with Gasteiger partial charge in [0.15, 0.2) is 0 Å². The van der Waals surface area contributed by atoms with Crippen LogP contribution in [-0.2, 0) is 6.54 Å². The summed E-state index contributed by atoms with van der Waals surface area (Å²) < 4.78 is 0.561. The fourth-order valence-corrected chi connectivity index (χ4v) is 2.65. The largest absolute Gasteiger partial charge is 0.325 e. The molecule has 1 aromatic heterocycles. The van der Waals surface area contributed by atoms with E-state index < -0.39 is 5.69 Å². The highest BCUT2D eigenvalue weighted by atomic mass is 127. The van der Waals surface area contributed by atoms with Gasteiger partial charge < -0.3 is 10.3 Å². The molecule has 0 unspecified atom stereocenters. The van der Waals surface area contributed by atoms with Gasteiger partial charge in [0, 0.05) is 12.6 Å². The second-order valence-corrected chi connectivity index (χ2v) is 5.50. The molecule has 0 aromatic carbocycles. The Balaban J connectivity index is 2.03. The lowest BCUT2D eigenvalue weighted by Gasteiger charge is -2.22. The lowest BCUT2D eigenvalue weighted by molar-refractivity contribution is 0.370. The van der Waals surface area contributed by atoms with Crippen LogP contribution in [-0.4, -0.2) is 16.0 Å². The van der Waals surface area contributed by atoms with Crippen molar-refractivity contribution in [2.75, 3.05) is 0 Å². The predicted molar refractivity (Wildman–Crippen MR) is 74.1 cm³/mol. The third-order valence-corrected chi connectivity index (χ3v) is 4.27. The van der Waals surface area contributed by atoms with Gasteiger partial charge in [0.2, 0.25) is 0 Å². The van der Waals surface area contributed by atoms with Crippen molar-refractivity contribution < 1.29 is 0 Å². The number of hydrogen-bond acceptors (Lipinski definition) is 3. The summed E-state index contributed by atoms with van der Waals surface area (Å²) in [4.78, 5) is 27.5. The van der Waals surface area contributed by atoms with E-state index in [0.717, 1.165) is 0 Å². The van der Waals surface area contributed by atoms with E-state index in [9.17, 15) is 9.59 Å². The summed E-state index contributed by atoms with van der Waals surface area (Å²) in [6.07, 6.45) is 6.22. The summed E-state index contributed by atoms with van der Waals surface area (Å²) in [6.45, 7) is 0.558. The van der Waals surface area contributed by atoms with Crippen molar-refractivity contribution in [3.63, 3.8) is 0 Å². The summed E-state index contributed by atoms with van der Waals surface area (Å²) >= 11 is 1.96. The fourth-order valence-electron chi connectivity index (χ4n) is 2.19. The Labute approximate surface area is 113 Å². The van der Waals surface area contributed by atoms with Crippen molar-refractivity contribution in [2.24, 2.45) is 0 Å². The summed E-state index contributed by atoms with van der Waals surface area (Å²) in [5.41, 5.74) is -0.0597. The first-order chi connectivity index (χ1) is 8.16. The van der Waals surface area contributed by atoms with Crippen LogP contribution in [0.4, 0.5) is 0 Å². The number of halogens is 1. The monoisotopic (exact) mass is 349 g/mol. The minimum absolute atomic E-state index is 0.310. The van der Waals surface area contributed by atoms with Gasteiger partial charge in [-0.1, -0.05) is 19.3 Å². The number of H-pyrrole nitrogens is 2. The first-order valence-electron chi connectivity index (χ1n) is 5.91. The van der Waals surface area contributed by atoms with Crippen LogP contribution in [0.25, 0.3) is 0 Å². The molecule has 1 fully saturated rings. The quantitative estimate of drug-likeness (QED) is 0.715. The van der Waals surface area contributed by atoms with E-state index in [0.29, 0.717) is 21.9 Å². The molecule has 5 nitrogen and oxygen atoms in total. The van der Waals surface area contributed by atoms with E-state index in [4.69, 9.17) is 0 Å². The van der Waals surface area contributed by atoms with Gasteiger partial charge in [0.05, 0.1) is 9.26 Å². The lowest BCUT2D eigenvalue weighted by atomic mass is 9.95. The Morgan fingerprint density at radius 1 is 1.18 bits per heavy atom. The number of aromatic nitrogens is 2. The molecule has 0 spiro atoms. The van der Waals surface area contributed by atoms with Crippen LogP contribution in [0, 0.1) is 3.57 Å². The van der Waals surface area contributed by atoms with Crippen LogP contribution in [0.5, 0.6) is 0 Å². The van der Waals surface area contributed by atoms with Gasteiger partial charge in [-0.2, -0.15) is 0 Å². The maximum atomic E-state index is 11.4. The van der Waals surface area contributed by atoms with Crippen LogP contribution in [0.1, 0.15) is 37.8 Å². The summed E-state index contributed by atoms with van der Waals surface area (Å²) in [5, 5.41) is 3.41. The predicted octanol–water partition coefficient (Wildman–Crippen LogP) is 1.09. The summed E-state index contributed by atoms with van der Waals surface area (Å²) in [7, 11) is 0. The fraction of sp³-hybridized carbons (Fsp3) is 0.636. The molecule has 1 heterocycles. The number of rotatable bonds is 3. The molecule has 1 aromatic rings. The van der Waals surface area contributed by atoms with Crippen LogP contribution < -0.4 is 16.6 Å². The average Bonchev–Trinajstić information content (AvgIpc) is 2.33. The van der Waals surface area contributed by atoms with E-state index in [1.54, 1.807) is 0 Å². The number of hydrogen-bond donors (Lipinski definition) is 3. The van der Waals surface area contributed by atoms with Crippen LogP contribution in [0.3, 0.4) is 0 Å². The molecule has 2 rings (SSSR count). The first kappa shape index (κ1) is 12.8. The first-order valence-corrected chi connectivity index (χ1v) is 6.99. The number of aromatic amines is 2. The highest BCUT2D eigenvalue weighted by molar-refractivity contribution is 14.1. The minimum Gasteiger partial charge on any atom is -0.309 e. The molecule has 3 N–H and O–H groups in total. The third-order valence-electron chi connectivity index (χ3n) is 3.13. The van der Waals surface area contributed by atoms with E-state index in [2.05, 4.69) is 15.3 Å². The van der Waals surface area contributed by atoms with Gasteiger partial charge in [-0.15, -0.1) is 0 Å². The van der Waals surface area contributed by atoms with Gasteiger partial charge in [-0.25, -0.2) is 4.79 Å². The standard InChI is InChI=1S/C11H16IN3O2/c12-9-8(14-11(17)15-10(9)16)6-13-7-4-2-1-3-5-7/h7,13H,1-6H2,(H2,14,15,16,17). The smallest absolute Gasteiger partial charge is 0.309 e. The Bertz CT molecular complexity index is 488. The van der Waals surface area contributed by atoms with Gasteiger partial charge in [-0.05, 0) is 35.4 Å². The Hall–Kier alpha value is -0.630.